The second-order valence-corrected chi connectivity index (χ2v) is 1.99. The molecule has 0 heterocycles. The Labute approximate surface area is 131 Å². The average molecular weight is 381 g/mol. The molecule has 0 fully saturated rings. The molecular formula is C8H13NdO8. The van der Waals surface area contributed by atoms with Gasteiger partial charge in [-0.2, -0.15) is 0 Å². The van der Waals surface area contributed by atoms with Crippen molar-refractivity contribution in [2.24, 2.45) is 0 Å². The fourth-order valence-electron chi connectivity index (χ4n) is 0. The summed E-state index contributed by atoms with van der Waals surface area (Å²) in [5, 5.41) is 34.1. The van der Waals surface area contributed by atoms with Crippen molar-refractivity contribution in [3.05, 3.63) is 0 Å². The summed E-state index contributed by atoms with van der Waals surface area (Å²) in [6.07, 6.45) is 0. The molecule has 0 atom stereocenters. The molecule has 8 nitrogen and oxygen atoms in total. The summed E-state index contributed by atoms with van der Waals surface area (Å²) in [7, 11) is 0. The number of rotatable bonds is 0. The van der Waals surface area contributed by atoms with Gasteiger partial charge in [0.1, 0.15) is 0 Å². The minimum absolute atomic E-state index is 0. The van der Waals surface area contributed by atoms with Crippen molar-refractivity contribution in [1.29, 1.82) is 0 Å². The van der Waals surface area contributed by atoms with Crippen LogP contribution < -0.4 is 15.3 Å². The van der Waals surface area contributed by atoms with E-state index < -0.39 is 23.9 Å². The van der Waals surface area contributed by atoms with E-state index in [1.807, 2.05) is 0 Å². The number of carboxylic acids is 4. The van der Waals surface area contributed by atoms with Crippen LogP contribution in [0.25, 0.3) is 0 Å². The molecule has 0 aliphatic rings. The predicted octanol–water partition coefficient (Wildman–Crippen LogP) is -3.64. The first-order chi connectivity index (χ1) is 6.93. The van der Waals surface area contributed by atoms with Gasteiger partial charge < -0.3 is 34.8 Å². The van der Waals surface area contributed by atoms with Crippen LogP contribution in [0.2, 0.25) is 0 Å². The molecule has 0 saturated heterocycles. The molecule has 0 aromatic rings. The van der Waals surface area contributed by atoms with E-state index in [-0.39, 0.29) is 40.8 Å². The van der Waals surface area contributed by atoms with Crippen LogP contribution in [0.1, 0.15) is 27.7 Å². The third-order valence-electron chi connectivity index (χ3n) is 0. The number of aliphatic carboxylic acids is 4. The van der Waals surface area contributed by atoms with Crippen molar-refractivity contribution >= 4 is 23.9 Å². The minimum atomic E-state index is -1.08. The molecular weight excluding hydrogens is 368 g/mol. The van der Waals surface area contributed by atoms with Crippen molar-refractivity contribution in [3.8, 4) is 0 Å². The van der Waals surface area contributed by atoms with Crippen LogP contribution in [0.3, 0.4) is 0 Å². The van der Waals surface area contributed by atoms with Crippen LogP contribution in [-0.2, 0) is 19.2 Å². The zero-order valence-electron chi connectivity index (χ0n) is 9.80. The van der Waals surface area contributed by atoms with E-state index in [1.54, 1.807) is 0 Å². The molecule has 0 spiro atoms. The predicted molar refractivity (Wildman–Crippen MR) is 45.4 cm³/mol. The summed E-state index contributed by atoms with van der Waals surface area (Å²) in [6.45, 7) is 4.00. The molecule has 0 amide bonds. The molecule has 0 aromatic carbocycles. The van der Waals surface area contributed by atoms with Gasteiger partial charge >= 0.3 is 40.8 Å². The summed E-state index contributed by atoms with van der Waals surface area (Å²) in [4.78, 5) is 35.7. The molecule has 0 saturated carbocycles. The van der Waals surface area contributed by atoms with Crippen LogP contribution in [0.5, 0.6) is 0 Å². The van der Waals surface area contributed by atoms with Crippen LogP contribution in [0.15, 0.2) is 0 Å². The third kappa shape index (κ3) is 4500. The summed E-state index contributed by atoms with van der Waals surface area (Å²) in [6, 6.07) is 0. The van der Waals surface area contributed by atoms with Crippen LogP contribution in [0, 0.1) is 40.8 Å². The van der Waals surface area contributed by atoms with Gasteiger partial charge in [-0.1, -0.05) is 0 Å². The Morgan fingerprint density at radius 3 is 0.706 bits per heavy atom. The molecule has 9 heteroatoms. The van der Waals surface area contributed by atoms with Gasteiger partial charge in [-0.15, -0.1) is 0 Å². The quantitative estimate of drug-likeness (QED) is 0.450. The Morgan fingerprint density at radius 1 is 0.706 bits per heavy atom. The Hall–Kier alpha value is -0.769. The molecule has 0 aliphatic carbocycles. The van der Waals surface area contributed by atoms with Crippen molar-refractivity contribution in [2.45, 2.75) is 27.7 Å². The Kier molecular flexibility index (Phi) is 42.9. The average Bonchev–Trinajstić information content (AvgIpc) is 1.76. The summed E-state index contributed by atoms with van der Waals surface area (Å²) in [5.74, 6) is -4.08. The van der Waals surface area contributed by atoms with Crippen molar-refractivity contribution in [2.75, 3.05) is 0 Å². The number of hydrogen-bond donors (Lipinski definition) is 1. The van der Waals surface area contributed by atoms with E-state index in [9.17, 15) is 0 Å². The monoisotopic (exact) mass is 379 g/mol. The smallest absolute Gasteiger partial charge is 0.550 e. The molecule has 1 radical (unpaired) electrons. The standard InChI is InChI=1S/4C2H4O2.Nd/c4*1-2(3)4;/h4*1H3,(H,3,4);/q;;;;+3/p-3. The Morgan fingerprint density at radius 2 is 0.706 bits per heavy atom. The largest absolute Gasteiger partial charge is 3.00 e. The number of carbonyl (C=O) groups excluding carboxylic acids is 3. The molecule has 1 N–H and O–H groups in total. The van der Waals surface area contributed by atoms with Crippen molar-refractivity contribution < 1.29 is 80.4 Å². The van der Waals surface area contributed by atoms with Gasteiger partial charge in [0.25, 0.3) is 5.97 Å². The zero-order valence-corrected chi connectivity index (χ0v) is 13.0. The molecule has 0 unspecified atom stereocenters. The summed E-state index contributed by atoms with van der Waals surface area (Å²) >= 11 is 0. The molecule has 0 aliphatic heterocycles. The van der Waals surface area contributed by atoms with E-state index in [0.717, 1.165) is 27.7 Å². The number of hydrogen-bond acceptors (Lipinski definition) is 7. The number of carboxylic acid groups (broad SMARTS) is 4. The van der Waals surface area contributed by atoms with Gasteiger partial charge in [-0.25, -0.2) is 0 Å². The second kappa shape index (κ2) is 24.5. The van der Waals surface area contributed by atoms with Gasteiger partial charge in [-0.05, 0) is 20.8 Å². The first kappa shape index (κ1) is 29.9. The Balaban J connectivity index is -0.0000000369. The van der Waals surface area contributed by atoms with E-state index in [2.05, 4.69) is 0 Å². The van der Waals surface area contributed by atoms with E-state index in [4.69, 9.17) is 39.6 Å². The minimum Gasteiger partial charge on any atom is -0.550 e. The topological polar surface area (TPSA) is 158 Å². The second-order valence-electron chi connectivity index (χ2n) is 1.99. The van der Waals surface area contributed by atoms with Crippen LogP contribution in [-0.4, -0.2) is 29.0 Å². The number of carbonyl (C=O) groups is 4. The van der Waals surface area contributed by atoms with Crippen LogP contribution >= 0.6 is 0 Å². The molecule has 0 rings (SSSR count). The Bertz CT molecular complexity index is 162. The maximum Gasteiger partial charge on any atom is 3.00 e. The molecule has 0 bridgehead atoms. The first-order valence-corrected chi connectivity index (χ1v) is 3.65. The maximum atomic E-state index is 9.00. The summed E-state index contributed by atoms with van der Waals surface area (Å²) in [5.41, 5.74) is 0. The summed E-state index contributed by atoms with van der Waals surface area (Å²) < 4.78 is 0. The van der Waals surface area contributed by atoms with Gasteiger partial charge in [0.15, 0.2) is 0 Å². The fourth-order valence-corrected chi connectivity index (χ4v) is 0. The normalized spacial score (nSPS) is 5.88. The van der Waals surface area contributed by atoms with E-state index >= 15 is 0 Å². The molecule has 17 heavy (non-hydrogen) atoms. The fraction of sp³-hybridized carbons (Fsp3) is 0.500. The van der Waals surface area contributed by atoms with E-state index in [1.165, 1.54) is 0 Å². The van der Waals surface area contributed by atoms with Crippen LogP contribution in [0.4, 0.5) is 0 Å². The molecule has 0 aromatic heterocycles. The first-order valence-electron chi connectivity index (χ1n) is 3.65. The maximum absolute atomic E-state index is 9.00. The SMILES string of the molecule is CC(=O)O.CC(=O)[O-].CC(=O)[O-].CC(=O)[O-].[Nd+3]. The van der Waals surface area contributed by atoms with Gasteiger partial charge in [0, 0.05) is 24.8 Å². The van der Waals surface area contributed by atoms with E-state index in [0.29, 0.717) is 0 Å². The van der Waals surface area contributed by atoms with Gasteiger partial charge in [0.2, 0.25) is 0 Å². The zero-order chi connectivity index (χ0) is 14.3. The van der Waals surface area contributed by atoms with Gasteiger partial charge in [0.05, 0.1) is 0 Å². The molecule has 97 valence electrons. The van der Waals surface area contributed by atoms with Crippen molar-refractivity contribution in [3.63, 3.8) is 0 Å². The van der Waals surface area contributed by atoms with Gasteiger partial charge in [-0.3, -0.25) is 4.79 Å². The van der Waals surface area contributed by atoms with Crippen molar-refractivity contribution in [1.82, 2.24) is 0 Å². The third-order valence-corrected chi connectivity index (χ3v) is 0.